The first-order valence-electron chi connectivity index (χ1n) is 8.41. The van der Waals surface area contributed by atoms with E-state index >= 15 is 0 Å². The lowest BCUT2D eigenvalue weighted by Gasteiger charge is -2.06. The summed E-state index contributed by atoms with van der Waals surface area (Å²) >= 11 is 5.99. The van der Waals surface area contributed by atoms with Gasteiger partial charge in [-0.2, -0.15) is 5.26 Å². The predicted octanol–water partition coefficient (Wildman–Crippen LogP) is 5.11. The molecule has 0 aliphatic heterocycles. The molecule has 0 saturated heterocycles. The molecule has 0 saturated carbocycles. The Kier molecular flexibility index (Phi) is 5.80. The molecule has 1 aromatic heterocycles. The molecule has 5 nitrogen and oxygen atoms in total. The van der Waals surface area contributed by atoms with Crippen molar-refractivity contribution in [2.45, 2.75) is 6.92 Å². The molecule has 1 N–H and O–H groups in total. The van der Waals surface area contributed by atoms with Gasteiger partial charge in [0.05, 0.1) is 12.2 Å². The molecular weight excluding hydrogens is 364 g/mol. The van der Waals surface area contributed by atoms with E-state index in [4.69, 9.17) is 20.8 Å². The van der Waals surface area contributed by atoms with Crippen molar-refractivity contribution in [1.29, 1.82) is 5.26 Å². The highest BCUT2D eigenvalue weighted by Gasteiger charge is 2.23. The summed E-state index contributed by atoms with van der Waals surface area (Å²) in [5.41, 5.74) is 2.49. The molecule has 0 spiro atoms. The van der Waals surface area contributed by atoms with Crippen LogP contribution in [-0.2, 0) is 9.53 Å². The molecule has 3 aromatic rings. The van der Waals surface area contributed by atoms with Gasteiger partial charge in [-0.1, -0.05) is 54.1 Å². The van der Waals surface area contributed by atoms with Gasteiger partial charge in [0.25, 0.3) is 0 Å². The second kappa shape index (κ2) is 8.43. The first-order valence-corrected chi connectivity index (χ1v) is 8.79. The van der Waals surface area contributed by atoms with Crippen molar-refractivity contribution in [3.63, 3.8) is 0 Å². The molecule has 0 bridgehead atoms. The third-order valence-electron chi connectivity index (χ3n) is 3.89. The topological polar surface area (TPSA) is 75.3 Å². The third kappa shape index (κ3) is 4.13. The van der Waals surface area contributed by atoms with Gasteiger partial charge in [-0.25, -0.2) is 0 Å². The maximum atomic E-state index is 11.7. The Morgan fingerprint density at radius 2 is 1.85 bits per heavy atom. The SMILES string of the molecule is CCOC(=O)CNc1oc(-c2ccccc2)c(C#N)c1-c1ccc(Cl)cc1. The van der Waals surface area contributed by atoms with Gasteiger partial charge in [0.15, 0.2) is 5.76 Å². The molecule has 0 aliphatic rings. The molecule has 0 fully saturated rings. The summed E-state index contributed by atoms with van der Waals surface area (Å²) < 4.78 is 10.9. The van der Waals surface area contributed by atoms with Crippen LogP contribution in [0.1, 0.15) is 12.5 Å². The number of nitriles is 1. The average molecular weight is 381 g/mol. The number of carbonyl (C=O) groups excluding carboxylic acids is 1. The molecule has 0 unspecified atom stereocenters. The van der Waals surface area contributed by atoms with Gasteiger partial charge in [-0.3, -0.25) is 4.79 Å². The number of rotatable bonds is 6. The van der Waals surface area contributed by atoms with Crippen molar-refractivity contribution in [3.05, 3.63) is 65.2 Å². The Balaban J connectivity index is 2.10. The summed E-state index contributed by atoms with van der Waals surface area (Å²) in [7, 11) is 0. The summed E-state index contributed by atoms with van der Waals surface area (Å²) in [6.07, 6.45) is 0. The number of nitrogens with zero attached hydrogens (tertiary/aromatic N) is 1. The number of carbonyl (C=O) groups is 1. The minimum Gasteiger partial charge on any atom is -0.465 e. The van der Waals surface area contributed by atoms with Crippen LogP contribution in [0.2, 0.25) is 5.02 Å². The second-order valence-corrected chi connectivity index (χ2v) is 6.09. The van der Waals surface area contributed by atoms with Crippen LogP contribution in [0.5, 0.6) is 0 Å². The van der Waals surface area contributed by atoms with E-state index in [9.17, 15) is 10.1 Å². The fraction of sp³-hybridized carbons (Fsp3) is 0.143. The van der Waals surface area contributed by atoms with Crippen LogP contribution in [0.3, 0.4) is 0 Å². The number of halogens is 1. The van der Waals surface area contributed by atoms with Crippen molar-refractivity contribution in [2.24, 2.45) is 0 Å². The number of anilines is 1. The molecule has 6 heteroatoms. The van der Waals surface area contributed by atoms with E-state index in [0.717, 1.165) is 11.1 Å². The van der Waals surface area contributed by atoms with E-state index in [2.05, 4.69) is 11.4 Å². The Bertz CT molecular complexity index is 973. The lowest BCUT2D eigenvalue weighted by Crippen LogP contribution is -2.16. The Morgan fingerprint density at radius 1 is 1.15 bits per heavy atom. The summed E-state index contributed by atoms with van der Waals surface area (Å²) in [5, 5.41) is 13.3. The molecule has 0 amide bonds. The lowest BCUT2D eigenvalue weighted by molar-refractivity contribution is -0.140. The van der Waals surface area contributed by atoms with E-state index in [1.807, 2.05) is 30.3 Å². The highest BCUT2D eigenvalue weighted by atomic mass is 35.5. The number of hydrogen-bond acceptors (Lipinski definition) is 5. The summed E-state index contributed by atoms with van der Waals surface area (Å²) in [5.74, 6) is 0.367. The molecule has 136 valence electrons. The molecule has 1 heterocycles. The minimum absolute atomic E-state index is 0.0684. The van der Waals surface area contributed by atoms with Gasteiger partial charge < -0.3 is 14.5 Å². The summed E-state index contributed by atoms with van der Waals surface area (Å²) in [6, 6.07) is 18.7. The minimum atomic E-state index is -0.407. The Hall–Kier alpha value is -3.23. The maximum Gasteiger partial charge on any atom is 0.325 e. The second-order valence-electron chi connectivity index (χ2n) is 5.65. The Labute approximate surface area is 162 Å². The largest absolute Gasteiger partial charge is 0.465 e. The molecule has 0 radical (unpaired) electrons. The van der Waals surface area contributed by atoms with Gasteiger partial charge in [-0.05, 0) is 24.6 Å². The first kappa shape index (κ1) is 18.6. The van der Waals surface area contributed by atoms with E-state index in [1.165, 1.54) is 0 Å². The molecule has 0 atom stereocenters. The zero-order valence-corrected chi connectivity index (χ0v) is 15.4. The number of furan rings is 1. The Morgan fingerprint density at radius 3 is 2.48 bits per heavy atom. The molecule has 3 rings (SSSR count). The van der Waals surface area contributed by atoms with Crippen molar-refractivity contribution in [3.8, 4) is 28.5 Å². The van der Waals surface area contributed by atoms with Crippen molar-refractivity contribution in [2.75, 3.05) is 18.5 Å². The van der Waals surface area contributed by atoms with Crippen molar-refractivity contribution < 1.29 is 13.9 Å². The van der Waals surface area contributed by atoms with Gasteiger partial charge in [0, 0.05) is 10.6 Å². The van der Waals surface area contributed by atoms with Crippen molar-refractivity contribution in [1.82, 2.24) is 0 Å². The van der Waals surface area contributed by atoms with Crippen LogP contribution >= 0.6 is 11.6 Å². The smallest absolute Gasteiger partial charge is 0.325 e. The van der Waals surface area contributed by atoms with E-state index in [0.29, 0.717) is 34.4 Å². The quantitative estimate of drug-likeness (QED) is 0.601. The normalized spacial score (nSPS) is 10.3. The zero-order chi connectivity index (χ0) is 19.2. The first-order chi connectivity index (χ1) is 13.1. The van der Waals surface area contributed by atoms with Crippen LogP contribution in [-0.4, -0.2) is 19.1 Å². The number of benzene rings is 2. The number of esters is 1. The maximum absolute atomic E-state index is 11.7. The average Bonchev–Trinajstić information content (AvgIpc) is 3.06. The zero-order valence-electron chi connectivity index (χ0n) is 14.7. The van der Waals surface area contributed by atoms with E-state index in [-0.39, 0.29) is 6.54 Å². The van der Waals surface area contributed by atoms with Crippen molar-refractivity contribution >= 4 is 23.5 Å². The number of hydrogen-bond donors (Lipinski definition) is 1. The fourth-order valence-electron chi connectivity index (χ4n) is 2.71. The van der Waals surface area contributed by atoms with Gasteiger partial charge in [0.1, 0.15) is 18.2 Å². The van der Waals surface area contributed by atoms with Gasteiger partial charge in [-0.15, -0.1) is 0 Å². The molecule has 2 aromatic carbocycles. The number of nitrogens with one attached hydrogen (secondary N) is 1. The summed E-state index contributed by atoms with van der Waals surface area (Å²) in [4.78, 5) is 11.7. The van der Waals surface area contributed by atoms with Crippen LogP contribution in [0.15, 0.2) is 59.0 Å². The predicted molar refractivity (Wildman–Crippen MR) is 104 cm³/mol. The molecule has 27 heavy (non-hydrogen) atoms. The van der Waals surface area contributed by atoms with Crippen LogP contribution in [0.4, 0.5) is 5.88 Å². The van der Waals surface area contributed by atoms with Crippen LogP contribution < -0.4 is 5.32 Å². The monoisotopic (exact) mass is 380 g/mol. The van der Waals surface area contributed by atoms with E-state index in [1.54, 1.807) is 31.2 Å². The summed E-state index contributed by atoms with van der Waals surface area (Å²) in [6.45, 7) is 1.97. The van der Waals surface area contributed by atoms with Crippen LogP contribution in [0.25, 0.3) is 22.5 Å². The highest BCUT2D eigenvalue weighted by Crippen LogP contribution is 2.41. The standard InChI is InChI=1S/C21H17ClN2O3/c1-2-26-18(25)13-24-21-19(14-8-10-16(22)11-9-14)17(12-23)20(27-21)15-6-4-3-5-7-15/h3-11,24H,2,13H2,1H3. The van der Waals surface area contributed by atoms with E-state index < -0.39 is 5.97 Å². The number of ether oxygens (including phenoxy) is 1. The van der Waals surface area contributed by atoms with Gasteiger partial charge >= 0.3 is 5.97 Å². The molecular formula is C21H17ClN2O3. The lowest BCUT2D eigenvalue weighted by atomic mass is 10.00. The fourth-order valence-corrected chi connectivity index (χ4v) is 2.84. The van der Waals surface area contributed by atoms with Gasteiger partial charge in [0.2, 0.25) is 5.88 Å². The third-order valence-corrected chi connectivity index (χ3v) is 4.14. The van der Waals surface area contributed by atoms with Crippen LogP contribution in [0, 0.1) is 11.3 Å². The molecule has 0 aliphatic carbocycles. The highest BCUT2D eigenvalue weighted by molar-refractivity contribution is 6.30.